The number of carbonyl (C=O) groups is 2. The SMILES string of the molecule is COc1ccc(CC(=O)N(CCc2ccccc2)[C@H](C)C(=O)NCC(C)C)cc1. The van der Waals surface area contributed by atoms with Crippen molar-refractivity contribution >= 4 is 11.8 Å². The van der Waals surface area contributed by atoms with Crippen molar-refractivity contribution in [3.63, 3.8) is 0 Å². The highest BCUT2D eigenvalue weighted by molar-refractivity contribution is 5.88. The van der Waals surface area contributed by atoms with Crippen molar-refractivity contribution in [2.75, 3.05) is 20.2 Å². The van der Waals surface area contributed by atoms with Gasteiger partial charge in [0.05, 0.1) is 13.5 Å². The number of nitrogens with one attached hydrogen (secondary N) is 1. The predicted octanol–water partition coefficient (Wildman–Crippen LogP) is 3.47. The highest BCUT2D eigenvalue weighted by Gasteiger charge is 2.25. The van der Waals surface area contributed by atoms with Crippen molar-refractivity contribution in [2.24, 2.45) is 5.92 Å². The van der Waals surface area contributed by atoms with Crippen LogP contribution >= 0.6 is 0 Å². The minimum atomic E-state index is -0.525. The second-order valence-corrected chi connectivity index (χ2v) is 7.66. The van der Waals surface area contributed by atoms with Crippen LogP contribution in [0, 0.1) is 5.92 Å². The monoisotopic (exact) mass is 396 g/mol. The molecule has 0 bridgehead atoms. The molecule has 2 amide bonds. The summed E-state index contributed by atoms with van der Waals surface area (Å²) in [4.78, 5) is 27.4. The number of hydrogen-bond donors (Lipinski definition) is 1. The molecule has 29 heavy (non-hydrogen) atoms. The molecule has 0 saturated heterocycles. The van der Waals surface area contributed by atoms with Crippen LogP contribution in [0.15, 0.2) is 54.6 Å². The molecular formula is C24H32N2O3. The highest BCUT2D eigenvalue weighted by Crippen LogP contribution is 2.14. The van der Waals surface area contributed by atoms with E-state index in [1.165, 1.54) is 0 Å². The molecule has 5 heteroatoms. The number of nitrogens with zero attached hydrogens (tertiary/aromatic N) is 1. The molecule has 2 rings (SSSR count). The van der Waals surface area contributed by atoms with Gasteiger partial charge in [-0.15, -0.1) is 0 Å². The molecule has 1 atom stereocenters. The van der Waals surface area contributed by atoms with Crippen LogP contribution in [0.1, 0.15) is 31.9 Å². The quantitative estimate of drug-likeness (QED) is 0.669. The van der Waals surface area contributed by atoms with Crippen LogP contribution in [0.4, 0.5) is 0 Å². The maximum atomic E-state index is 13.1. The summed E-state index contributed by atoms with van der Waals surface area (Å²) in [5.41, 5.74) is 2.04. The number of benzene rings is 2. The Morgan fingerprint density at radius 1 is 0.966 bits per heavy atom. The van der Waals surface area contributed by atoms with Crippen molar-refractivity contribution in [1.82, 2.24) is 10.2 Å². The third kappa shape index (κ3) is 7.26. The Morgan fingerprint density at radius 2 is 1.62 bits per heavy atom. The zero-order valence-corrected chi connectivity index (χ0v) is 17.9. The van der Waals surface area contributed by atoms with Crippen molar-refractivity contribution < 1.29 is 14.3 Å². The number of methoxy groups -OCH3 is 1. The maximum absolute atomic E-state index is 13.1. The lowest BCUT2D eigenvalue weighted by atomic mass is 10.1. The van der Waals surface area contributed by atoms with Gasteiger partial charge in [0.2, 0.25) is 11.8 Å². The fourth-order valence-corrected chi connectivity index (χ4v) is 3.04. The zero-order chi connectivity index (χ0) is 21.2. The van der Waals surface area contributed by atoms with Gasteiger partial charge in [0.15, 0.2) is 0 Å². The van der Waals surface area contributed by atoms with Crippen LogP contribution in [0.3, 0.4) is 0 Å². The standard InChI is InChI=1S/C24H32N2O3/c1-18(2)17-25-24(28)19(3)26(15-14-20-8-6-5-7-9-20)23(27)16-21-10-12-22(29-4)13-11-21/h5-13,18-19H,14-17H2,1-4H3,(H,25,28)/t19-/m1/s1. The minimum absolute atomic E-state index is 0.0571. The van der Waals surface area contributed by atoms with E-state index < -0.39 is 6.04 Å². The summed E-state index contributed by atoms with van der Waals surface area (Å²) in [6, 6.07) is 16.9. The molecule has 2 aromatic rings. The Bertz CT molecular complexity index is 772. The average Bonchev–Trinajstić information content (AvgIpc) is 2.73. The van der Waals surface area contributed by atoms with Crippen molar-refractivity contribution in [1.29, 1.82) is 0 Å². The minimum Gasteiger partial charge on any atom is -0.497 e. The summed E-state index contributed by atoms with van der Waals surface area (Å²) in [5.74, 6) is 0.940. The van der Waals surface area contributed by atoms with E-state index >= 15 is 0 Å². The van der Waals surface area contributed by atoms with E-state index in [1.54, 1.807) is 18.9 Å². The first-order valence-corrected chi connectivity index (χ1v) is 10.1. The van der Waals surface area contributed by atoms with Gasteiger partial charge in [0.1, 0.15) is 11.8 Å². The Kier molecular flexibility index (Phi) is 8.71. The summed E-state index contributed by atoms with van der Waals surface area (Å²) in [6.45, 7) is 6.99. The third-order valence-corrected chi connectivity index (χ3v) is 4.85. The van der Waals surface area contributed by atoms with E-state index in [0.29, 0.717) is 25.4 Å². The lowest BCUT2D eigenvalue weighted by Crippen LogP contribution is -2.49. The summed E-state index contributed by atoms with van der Waals surface area (Å²) in [5, 5.41) is 2.94. The fourth-order valence-electron chi connectivity index (χ4n) is 3.04. The number of carbonyl (C=O) groups excluding carboxylic acids is 2. The second kappa shape index (κ2) is 11.2. The predicted molar refractivity (Wildman–Crippen MR) is 116 cm³/mol. The lowest BCUT2D eigenvalue weighted by Gasteiger charge is -2.29. The van der Waals surface area contributed by atoms with Gasteiger partial charge in [-0.1, -0.05) is 56.3 Å². The first-order valence-electron chi connectivity index (χ1n) is 10.1. The first-order chi connectivity index (χ1) is 13.9. The average molecular weight is 397 g/mol. The van der Waals surface area contributed by atoms with Crippen molar-refractivity contribution in [2.45, 2.75) is 39.7 Å². The fraction of sp³-hybridized carbons (Fsp3) is 0.417. The Labute approximate surface area is 174 Å². The van der Waals surface area contributed by atoms with Gasteiger partial charge in [-0.3, -0.25) is 9.59 Å². The molecule has 5 nitrogen and oxygen atoms in total. The lowest BCUT2D eigenvalue weighted by molar-refractivity contribution is -0.139. The molecule has 0 unspecified atom stereocenters. The van der Waals surface area contributed by atoms with E-state index in [9.17, 15) is 9.59 Å². The molecular weight excluding hydrogens is 364 g/mol. The normalized spacial score (nSPS) is 11.8. The largest absolute Gasteiger partial charge is 0.497 e. The van der Waals surface area contributed by atoms with E-state index in [4.69, 9.17) is 4.74 Å². The smallest absolute Gasteiger partial charge is 0.242 e. The molecule has 0 aliphatic heterocycles. The number of rotatable bonds is 10. The molecule has 0 radical (unpaired) electrons. The molecule has 0 spiro atoms. The Morgan fingerprint density at radius 3 is 2.21 bits per heavy atom. The summed E-state index contributed by atoms with van der Waals surface area (Å²) in [6.07, 6.45) is 0.956. The van der Waals surface area contributed by atoms with Crippen LogP contribution in [-0.2, 0) is 22.4 Å². The molecule has 0 heterocycles. The van der Waals surface area contributed by atoms with E-state index in [1.807, 2.05) is 68.4 Å². The second-order valence-electron chi connectivity index (χ2n) is 7.66. The molecule has 156 valence electrons. The number of hydrogen-bond acceptors (Lipinski definition) is 3. The number of ether oxygens (including phenoxy) is 1. The van der Waals surface area contributed by atoms with Crippen LogP contribution < -0.4 is 10.1 Å². The maximum Gasteiger partial charge on any atom is 0.242 e. The van der Waals surface area contributed by atoms with Gasteiger partial charge in [0, 0.05) is 13.1 Å². The van der Waals surface area contributed by atoms with Gasteiger partial charge in [-0.25, -0.2) is 0 Å². The van der Waals surface area contributed by atoms with Crippen LogP contribution in [0.5, 0.6) is 5.75 Å². The summed E-state index contributed by atoms with van der Waals surface area (Å²) in [7, 11) is 1.61. The van der Waals surface area contributed by atoms with Crippen LogP contribution in [-0.4, -0.2) is 43.0 Å². The van der Waals surface area contributed by atoms with E-state index in [0.717, 1.165) is 16.9 Å². The zero-order valence-electron chi connectivity index (χ0n) is 17.9. The molecule has 2 aromatic carbocycles. The van der Waals surface area contributed by atoms with Crippen LogP contribution in [0.2, 0.25) is 0 Å². The van der Waals surface area contributed by atoms with Gasteiger partial charge >= 0.3 is 0 Å². The molecule has 0 fully saturated rings. The van der Waals surface area contributed by atoms with Gasteiger partial charge in [0.25, 0.3) is 0 Å². The highest BCUT2D eigenvalue weighted by atomic mass is 16.5. The first kappa shape index (κ1) is 22.5. The molecule has 0 aromatic heterocycles. The van der Waals surface area contributed by atoms with Crippen molar-refractivity contribution in [3.05, 3.63) is 65.7 Å². The van der Waals surface area contributed by atoms with E-state index in [2.05, 4.69) is 5.32 Å². The van der Waals surface area contributed by atoms with Crippen LogP contribution in [0.25, 0.3) is 0 Å². The molecule has 1 N–H and O–H groups in total. The van der Waals surface area contributed by atoms with Crippen molar-refractivity contribution in [3.8, 4) is 5.75 Å². The molecule has 0 aliphatic rings. The third-order valence-electron chi connectivity index (χ3n) is 4.85. The Hall–Kier alpha value is -2.82. The van der Waals surface area contributed by atoms with E-state index in [-0.39, 0.29) is 18.2 Å². The van der Waals surface area contributed by atoms with Gasteiger partial charge in [-0.2, -0.15) is 0 Å². The summed E-state index contributed by atoms with van der Waals surface area (Å²) >= 11 is 0. The Balaban J connectivity index is 2.10. The summed E-state index contributed by atoms with van der Waals surface area (Å²) < 4.78 is 5.18. The topological polar surface area (TPSA) is 58.6 Å². The molecule has 0 saturated carbocycles. The van der Waals surface area contributed by atoms with Gasteiger partial charge in [-0.05, 0) is 42.5 Å². The number of amides is 2. The molecule has 0 aliphatic carbocycles. The van der Waals surface area contributed by atoms with Gasteiger partial charge < -0.3 is 15.0 Å².